The second-order valence-corrected chi connectivity index (χ2v) is 6.36. The van der Waals surface area contributed by atoms with E-state index in [1.165, 1.54) is 6.07 Å². The molecule has 3 aromatic rings. The molecule has 0 aliphatic heterocycles. The number of para-hydroxylation sites is 1. The van der Waals surface area contributed by atoms with Crippen molar-refractivity contribution in [3.8, 4) is 5.75 Å². The molecule has 0 amide bonds. The standard InChI is InChI=1S/C17H20FN5OS.HI/c1-12(24-15-6-4-3-5-14(15)18)9-20-16(19-2)21-10-13-11-23-7-8-25-17(23)22-13;/h3-8,11-12H,9-10H2,1-2H3,(H2,19,20,21);1H. The molecule has 3 rings (SSSR count). The number of hydrogen-bond acceptors (Lipinski definition) is 4. The van der Waals surface area contributed by atoms with E-state index in [1.54, 1.807) is 36.6 Å². The van der Waals surface area contributed by atoms with Gasteiger partial charge in [-0.2, -0.15) is 0 Å². The highest BCUT2D eigenvalue weighted by atomic mass is 127. The molecule has 0 radical (unpaired) electrons. The molecule has 2 aromatic heterocycles. The van der Waals surface area contributed by atoms with Crippen LogP contribution in [0.3, 0.4) is 0 Å². The second kappa shape index (κ2) is 9.72. The molecule has 1 aromatic carbocycles. The lowest BCUT2D eigenvalue weighted by molar-refractivity contribution is 0.214. The zero-order chi connectivity index (χ0) is 17.6. The molecular formula is C17H21FIN5OS. The van der Waals surface area contributed by atoms with Crippen LogP contribution < -0.4 is 15.4 Å². The number of hydrogen-bond donors (Lipinski definition) is 2. The number of nitrogens with zero attached hydrogens (tertiary/aromatic N) is 3. The lowest BCUT2D eigenvalue weighted by Crippen LogP contribution is -2.41. The molecule has 1 atom stereocenters. The number of halogens is 2. The summed E-state index contributed by atoms with van der Waals surface area (Å²) in [7, 11) is 1.70. The van der Waals surface area contributed by atoms with Gasteiger partial charge >= 0.3 is 0 Å². The lowest BCUT2D eigenvalue weighted by Gasteiger charge is -2.17. The third-order valence-corrected chi connectivity index (χ3v) is 4.30. The molecule has 0 aliphatic rings. The van der Waals surface area contributed by atoms with Crippen molar-refractivity contribution in [2.45, 2.75) is 19.6 Å². The fourth-order valence-corrected chi connectivity index (χ4v) is 3.01. The van der Waals surface area contributed by atoms with E-state index in [-0.39, 0.29) is 41.6 Å². The van der Waals surface area contributed by atoms with E-state index in [1.807, 2.05) is 29.1 Å². The first-order valence-electron chi connectivity index (χ1n) is 7.92. The van der Waals surface area contributed by atoms with Crippen LogP contribution in [0.4, 0.5) is 4.39 Å². The number of aromatic nitrogens is 2. The summed E-state index contributed by atoms with van der Waals surface area (Å²) in [6.45, 7) is 2.93. The minimum Gasteiger partial charge on any atom is -0.486 e. The van der Waals surface area contributed by atoms with Gasteiger partial charge in [-0.3, -0.25) is 9.39 Å². The van der Waals surface area contributed by atoms with Crippen LogP contribution in [0.5, 0.6) is 5.75 Å². The highest BCUT2D eigenvalue weighted by Crippen LogP contribution is 2.16. The minimum absolute atomic E-state index is 0. The topological polar surface area (TPSA) is 63.0 Å². The lowest BCUT2D eigenvalue weighted by atomic mass is 10.3. The summed E-state index contributed by atoms with van der Waals surface area (Å²) in [6, 6.07) is 6.38. The van der Waals surface area contributed by atoms with E-state index in [0.29, 0.717) is 19.0 Å². The highest BCUT2D eigenvalue weighted by Gasteiger charge is 2.09. The van der Waals surface area contributed by atoms with Crippen LogP contribution in [0.25, 0.3) is 4.96 Å². The predicted octanol–water partition coefficient (Wildman–Crippen LogP) is 3.29. The van der Waals surface area contributed by atoms with E-state index in [0.717, 1.165) is 10.7 Å². The monoisotopic (exact) mass is 489 g/mol. The smallest absolute Gasteiger partial charge is 0.193 e. The van der Waals surface area contributed by atoms with Gasteiger partial charge in [-0.15, -0.1) is 35.3 Å². The number of nitrogens with one attached hydrogen (secondary N) is 2. The second-order valence-electron chi connectivity index (χ2n) is 5.49. The summed E-state index contributed by atoms with van der Waals surface area (Å²) >= 11 is 1.60. The number of aliphatic imine (C=N–C) groups is 1. The SMILES string of the molecule is CN=C(NCc1cn2ccsc2n1)NCC(C)Oc1ccccc1F.I. The predicted molar refractivity (Wildman–Crippen MR) is 113 cm³/mol. The molecule has 0 spiro atoms. The third kappa shape index (κ3) is 5.31. The number of ether oxygens (including phenoxy) is 1. The maximum atomic E-state index is 13.6. The molecule has 2 heterocycles. The van der Waals surface area contributed by atoms with Gasteiger partial charge in [-0.25, -0.2) is 9.37 Å². The van der Waals surface area contributed by atoms with Crippen LogP contribution in [0.1, 0.15) is 12.6 Å². The summed E-state index contributed by atoms with van der Waals surface area (Å²) in [4.78, 5) is 9.65. The van der Waals surface area contributed by atoms with Gasteiger partial charge in [-0.05, 0) is 19.1 Å². The number of benzene rings is 1. The Balaban J connectivity index is 0.00000243. The number of fused-ring (bicyclic) bond motifs is 1. The Bertz CT molecular complexity index is 837. The van der Waals surface area contributed by atoms with Crippen LogP contribution in [0, 0.1) is 5.82 Å². The van der Waals surface area contributed by atoms with Crippen molar-refractivity contribution in [3.63, 3.8) is 0 Å². The molecule has 0 aliphatic carbocycles. The highest BCUT2D eigenvalue weighted by molar-refractivity contribution is 14.0. The molecule has 0 saturated heterocycles. The average molecular weight is 489 g/mol. The Kier molecular flexibility index (Phi) is 7.64. The van der Waals surface area contributed by atoms with Gasteiger partial charge in [0, 0.05) is 24.8 Å². The van der Waals surface area contributed by atoms with Crippen molar-refractivity contribution >= 4 is 46.2 Å². The first-order chi connectivity index (χ1) is 12.2. The van der Waals surface area contributed by atoms with Crippen molar-refractivity contribution in [1.29, 1.82) is 0 Å². The van der Waals surface area contributed by atoms with Crippen molar-refractivity contribution in [3.05, 3.63) is 53.6 Å². The van der Waals surface area contributed by atoms with Gasteiger partial charge in [-0.1, -0.05) is 12.1 Å². The van der Waals surface area contributed by atoms with Crippen molar-refractivity contribution in [2.75, 3.05) is 13.6 Å². The van der Waals surface area contributed by atoms with Crippen LogP contribution in [-0.4, -0.2) is 35.0 Å². The fourth-order valence-electron chi connectivity index (χ4n) is 2.30. The number of imidazole rings is 1. The van der Waals surface area contributed by atoms with Gasteiger partial charge in [0.15, 0.2) is 22.5 Å². The van der Waals surface area contributed by atoms with Crippen LogP contribution in [0.2, 0.25) is 0 Å². The van der Waals surface area contributed by atoms with Crippen LogP contribution in [-0.2, 0) is 6.54 Å². The molecule has 0 bridgehead atoms. The molecule has 0 saturated carbocycles. The van der Waals surface area contributed by atoms with Gasteiger partial charge in [0.2, 0.25) is 0 Å². The van der Waals surface area contributed by atoms with E-state index in [9.17, 15) is 4.39 Å². The Morgan fingerprint density at radius 2 is 2.19 bits per heavy atom. The van der Waals surface area contributed by atoms with Crippen LogP contribution >= 0.6 is 35.3 Å². The fraction of sp³-hybridized carbons (Fsp3) is 0.294. The number of rotatable bonds is 6. The molecule has 140 valence electrons. The maximum Gasteiger partial charge on any atom is 0.193 e. The maximum absolute atomic E-state index is 13.6. The summed E-state index contributed by atoms with van der Waals surface area (Å²) in [6.07, 6.45) is 3.75. The van der Waals surface area contributed by atoms with E-state index < -0.39 is 0 Å². The molecule has 6 nitrogen and oxygen atoms in total. The Morgan fingerprint density at radius 1 is 1.38 bits per heavy atom. The third-order valence-electron chi connectivity index (χ3n) is 3.53. The van der Waals surface area contributed by atoms with Crippen molar-refractivity contribution in [1.82, 2.24) is 20.0 Å². The summed E-state index contributed by atoms with van der Waals surface area (Å²) in [5.74, 6) is 0.523. The Morgan fingerprint density at radius 3 is 2.92 bits per heavy atom. The molecule has 1 unspecified atom stereocenters. The Labute approximate surface area is 172 Å². The van der Waals surface area contributed by atoms with Crippen LogP contribution in [0.15, 0.2) is 47.0 Å². The first kappa shape index (κ1) is 20.4. The number of thiazole rings is 1. The van der Waals surface area contributed by atoms with Gasteiger partial charge in [0.25, 0.3) is 0 Å². The zero-order valence-electron chi connectivity index (χ0n) is 14.5. The van der Waals surface area contributed by atoms with E-state index in [2.05, 4.69) is 20.6 Å². The molecular weight excluding hydrogens is 468 g/mol. The molecule has 2 N–H and O–H groups in total. The quantitative estimate of drug-likeness (QED) is 0.317. The molecule has 9 heteroatoms. The average Bonchev–Trinajstić information content (AvgIpc) is 3.18. The summed E-state index contributed by atoms with van der Waals surface area (Å²) in [5, 5.41) is 8.37. The number of guanidine groups is 1. The van der Waals surface area contributed by atoms with Gasteiger partial charge in [0.1, 0.15) is 6.10 Å². The summed E-state index contributed by atoms with van der Waals surface area (Å²) in [5.41, 5.74) is 0.936. The zero-order valence-corrected chi connectivity index (χ0v) is 17.6. The minimum atomic E-state index is -0.364. The largest absolute Gasteiger partial charge is 0.486 e. The van der Waals surface area contributed by atoms with Crippen molar-refractivity contribution < 1.29 is 9.13 Å². The van der Waals surface area contributed by atoms with E-state index in [4.69, 9.17) is 4.74 Å². The molecule has 26 heavy (non-hydrogen) atoms. The molecule has 0 fully saturated rings. The summed E-state index contributed by atoms with van der Waals surface area (Å²) < 4.78 is 21.2. The van der Waals surface area contributed by atoms with Crippen molar-refractivity contribution in [2.24, 2.45) is 4.99 Å². The first-order valence-corrected chi connectivity index (χ1v) is 8.80. The van der Waals surface area contributed by atoms with Gasteiger partial charge < -0.3 is 15.4 Å². The van der Waals surface area contributed by atoms with E-state index >= 15 is 0 Å². The normalized spacial score (nSPS) is 12.5. The van der Waals surface area contributed by atoms with Gasteiger partial charge in [0.05, 0.1) is 18.8 Å². The Hall–Kier alpha value is -1.88.